The van der Waals surface area contributed by atoms with Gasteiger partial charge in [-0.1, -0.05) is 11.8 Å². The Labute approximate surface area is 117 Å². The number of nitrogens with one attached hydrogen (secondary N) is 1. The van der Waals surface area contributed by atoms with E-state index in [4.69, 9.17) is 4.74 Å². The third kappa shape index (κ3) is 3.72. The zero-order chi connectivity index (χ0) is 13.7. The molecule has 0 spiro atoms. The van der Waals surface area contributed by atoms with Crippen LogP contribution in [-0.2, 0) is 6.54 Å². The van der Waals surface area contributed by atoms with E-state index in [2.05, 4.69) is 5.32 Å². The van der Waals surface area contributed by atoms with Gasteiger partial charge in [-0.05, 0) is 55.1 Å². The van der Waals surface area contributed by atoms with Crippen molar-refractivity contribution in [1.29, 1.82) is 0 Å². The van der Waals surface area contributed by atoms with E-state index in [0.29, 0.717) is 6.54 Å². The van der Waals surface area contributed by atoms with E-state index in [-0.39, 0.29) is 5.82 Å². The molecule has 19 heavy (non-hydrogen) atoms. The highest BCUT2D eigenvalue weighted by Gasteiger charge is 2.06. The van der Waals surface area contributed by atoms with Crippen molar-refractivity contribution in [3.8, 4) is 5.75 Å². The standard InChI is InChI=1S/C15H16FNOS/c1-17-10-11-9-12(16)3-8-15(11)19-14-6-4-13(18-2)5-7-14/h3-9,17H,10H2,1-2H3. The first kappa shape index (κ1) is 13.9. The molecule has 0 heterocycles. The van der Waals surface area contributed by atoms with Gasteiger partial charge in [-0.2, -0.15) is 0 Å². The lowest BCUT2D eigenvalue weighted by atomic mass is 10.2. The molecule has 0 saturated carbocycles. The fourth-order valence-electron chi connectivity index (χ4n) is 1.75. The lowest BCUT2D eigenvalue weighted by molar-refractivity contribution is 0.414. The molecule has 0 aliphatic rings. The molecule has 0 unspecified atom stereocenters. The molecular weight excluding hydrogens is 261 g/mol. The van der Waals surface area contributed by atoms with Crippen molar-refractivity contribution in [2.45, 2.75) is 16.3 Å². The summed E-state index contributed by atoms with van der Waals surface area (Å²) in [5.41, 5.74) is 0.961. The van der Waals surface area contributed by atoms with Gasteiger partial charge in [0, 0.05) is 16.3 Å². The van der Waals surface area contributed by atoms with E-state index in [1.807, 2.05) is 37.4 Å². The van der Waals surface area contributed by atoms with Gasteiger partial charge in [0.15, 0.2) is 0 Å². The Kier molecular flexibility index (Phi) is 4.82. The van der Waals surface area contributed by atoms with E-state index in [1.165, 1.54) is 6.07 Å². The zero-order valence-electron chi connectivity index (χ0n) is 10.9. The number of rotatable bonds is 5. The van der Waals surface area contributed by atoms with Gasteiger partial charge in [-0.25, -0.2) is 4.39 Å². The monoisotopic (exact) mass is 277 g/mol. The fraction of sp³-hybridized carbons (Fsp3) is 0.200. The number of ether oxygens (including phenoxy) is 1. The van der Waals surface area contributed by atoms with Crippen molar-refractivity contribution in [2.24, 2.45) is 0 Å². The van der Waals surface area contributed by atoms with Crippen LogP contribution in [0.25, 0.3) is 0 Å². The van der Waals surface area contributed by atoms with Gasteiger partial charge in [-0.15, -0.1) is 0 Å². The maximum absolute atomic E-state index is 13.3. The van der Waals surface area contributed by atoms with Gasteiger partial charge in [0.1, 0.15) is 11.6 Å². The Hall–Kier alpha value is -1.52. The van der Waals surface area contributed by atoms with E-state index in [0.717, 1.165) is 21.1 Å². The number of hydrogen-bond acceptors (Lipinski definition) is 3. The molecule has 0 fully saturated rings. The molecule has 2 nitrogen and oxygen atoms in total. The molecule has 0 amide bonds. The molecule has 0 aliphatic heterocycles. The second kappa shape index (κ2) is 6.59. The average molecular weight is 277 g/mol. The molecule has 4 heteroatoms. The highest BCUT2D eigenvalue weighted by Crippen LogP contribution is 2.31. The van der Waals surface area contributed by atoms with E-state index < -0.39 is 0 Å². The zero-order valence-corrected chi connectivity index (χ0v) is 11.8. The normalized spacial score (nSPS) is 10.5. The number of halogens is 1. The highest BCUT2D eigenvalue weighted by molar-refractivity contribution is 7.99. The van der Waals surface area contributed by atoms with Crippen LogP contribution in [0.1, 0.15) is 5.56 Å². The third-order valence-electron chi connectivity index (χ3n) is 2.68. The van der Waals surface area contributed by atoms with E-state index in [1.54, 1.807) is 24.9 Å². The van der Waals surface area contributed by atoms with Crippen LogP contribution >= 0.6 is 11.8 Å². The van der Waals surface area contributed by atoms with Crippen LogP contribution < -0.4 is 10.1 Å². The SMILES string of the molecule is CNCc1cc(F)ccc1Sc1ccc(OC)cc1. The van der Waals surface area contributed by atoms with Gasteiger partial charge in [0.25, 0.3) is 0 Å². The maximum atomic E-state index is 13.3. The molecular formula is C15H16FNOS. The van der Waals surface area contributed by atoms with Crippen LogP contribution in [0.5, 0.6) is 5.75 Å². The Morgan fingerprint density at radius 1 is 1.16 bits per heavy atom. The topological polar surface area (TPSA) is 21.3 Å². The highest BCUT2D eigenvalue weighted by atomic mass is 32.2. The summed E-state index contributed by atoms with van der Waals surface area (Å²) in [6, 6.07) is 12.7. The smallest absolute Gasteiger partial charge is 0.123 e. The Morgan fingerprint density at radius 3 is 2.53 bits per heavy atom. The van der Waals surface area contributed by atoms with Gasteiger partial charge >= 0.3 is 0 Å². The minimum Gasteiger partial charge on any atom is -0.497 e. The summed E-state index contributed by atoms with van der Waals surface area (Å²) in [5.74, 6) is 0.628. The summed E-state index contributed by atoms with van der Waals surface area (Å²) in [6.07, 6.45) is 0. The summed E-state index contributed by atoms with van der Waals surface area (Å²) < 4.78 is 18.4. The minimum atomic E-state index is -0.204. The number of hydrogen-bond donors (Lipinski definition) is 1. The lowest BCUT2D eigenvalue weighted by Crippen LogP contribution is -2.06. The largest absolute Gasteiger partial charge is 0.497 e. The van der Waals surface area contributed by atoms with Crippen LogP contribution in [0, 0.1) is 5.82 Å². The van der Waals surface area contributed by atoms with Crippen LogP contribution in [0.4, 0.5) is 4.39 Å². The van der Waals surface area contributed by atoms with Crippen molar-refractivity contribution < 1.29 is 9.13 Å². The molecule has 100 valence electrons. The van der Waals surface area contributed by atoms with Crippen molar-refractivity contribution >= 4 is 11.8 Å². The molecule has 0 aromatic heterocycles. The van der Waals surface area contributed by atoms with E-state index in [9.17, 15) is 4.39 Å². The summed E-state index contributed by atoms with van der Waals surface area (Å²) in [5, 5.41) is 3.06. The van der Waals surface area contributed by atoms with Crippen LogP contribution in [-0.4, -0.2) is 14.2 Å². The molecule has 0 radical (unpaired) electrons. The Bertz CT molecular complexity index is 542. The second-order valence-electron chi connectivity index (χ2n) is 4.06. The predicted molar refractivity (Wildman–Crippen MR) is 76.3 cm³/mol. The number of methoxy groups -OCH3 is 1. The molecule has 1 N–H and O–H groups in total. The molecule has 0 aliphatic carbocycles. The van der Waals surface area contributed by atoms with Gasteiger partial charge in [-0.3, -0.25) is 0 Å². The first-order chi connectivity index (χ1) is 9.22. The Balaban J connectivity index is 2.21. The maximum Gasteiger partial charge on any atom is 0.123 e. The fourth-order valence-corrected chi connectivity index (χ4v) is 2.67. The van der Waals surface area contributed by atoms with Crippen molar-refractivity contribution in [3.63, 3.8) is 0 Å². The first-order valence-corrected chi connectivity index (χ1v) is 6.79. The molecule has 2 rings (SSSR count). The molecule has 0 atom stereocenters. The van der Waals surface area contributed by atoms with Crippen molar-refractivity contribution in [3.05, 3.63) is 53.8 Å². The predicted octanol–water partition coefficient (Wildman–Crippen LogP) is 3.70. The molecule has 0 saturated heterocycles. The summed E-state index contributed by atoms with van der Waals surface area (Å²) in [7, 11) is 3.50. The van der Waals surface area contributed by atoms with Crippen LogP contribution in [0.2, 0.25) is 0 Å². The summed E-state index contributed by atoms with van der Waals surface area (Å²) >= 11 is 1.62. The number of benzene rings is 2. The first-order valence-electron chi connectivity index (χ1n) is 5.98. The second-order valence-corrected chi connectivity index (χ2v) is 5.18. The third-order valence-corrected chi connectivity index (χ3v) is 3.80. The Morgan fingerprint density at radius 2 is 1.89 bits per heavy atom. The van der Waals surface area contributed by atoms with Gasteiger partial charge in [0.2, 0.25) is 0 Å². The van der Waals surface area contributed by atoms with Crippen LogP contribution in [0.3, 0.4) is 0 Å². The van der Waals surface area contributed by atoms with Crippen molar-refractivity contribution in [1.82, 2.24) is 5.32 Å². The van der Waals surface area contributed by atoms with Crippen molar-refractivity contribution in [2.75, 3.05) is 14.2 Å². The minimum absolute atomic E-state index is 0.204. The summed E-state index contributed by atoms with van der Waals surface area (Å²) in [6.45, 7) is 0.649. The quantitative estimate of drug-likeness (QED) is 0.900. The van der Waals surface area contributed by atoms with Gasteiger partial charge < -0.3 is 10.1 Å². The van der Waals surface area contributed by atoms with Gasteiger partial charge in [0.05, 0.1) is 7.11 Å². The molecule has 2 aromatic carbocycles. The van der Waals surface area contributed by atoms with E-state index >= 15 is 0 Å². The summed E-state index contributed by atoms with van der Waals surface area (Å²) in [4.78, 5) is 2.16. The molecule has 2 aromatic rings. The molecule has 0 bridgehead atoms. The average Bonchev–Trinajstić information content (AvgIpc) is 2.43. The lowest BCUT2D eigenvalue weighted by Gasteiger charge is -2.09. The van der Waals surface area contributed by atoms with Crippen LogP contribution in [0.15, 0.2) is 52.3 Å².